The quantitative estimate of drug-likeness (QED) is 0.471. The highest BCUT2D eigenvalue weighted by atomic mass is 16.5. The van der Waals surface area contributed by atoms with Crippen molar-refractivity contribution in [2.45, 2.75) is 31.2 Å². The van der Waals surface area contributed by atoms with Crippen LogP contribution in [0, 0.1) is 12.3 Å². The van der Waals surface area contributed by atoms with Gasteiger partial charge in [-0.1, -0.05) is 0 Å². The Morgan fingerprint density at radius 2 is 2.22 bits per heavy atom. The van der Waals surface area contributed by atoms with E-state index >= 15 is 0 Å². The lowest BCUT2D eigenvalue weighted by atomic mass is 9.99. The molecule has 100 valence electrons. The summed E-state index contributed by atoms with van der Waals surface area (Å²) in [5, 5.41) is 14.2. The minimum atomic E-state index is -1.29. The maximum absolute atomic E-state index is 11.6. The van der Waals surface area contributed by atoms with Crippen LogP contribution < -0.4 is 10.6 Å². The van der Waals surface area contributed by atoms with Crippen molar-refractivity contribution in [3.63, 3.8) is 0 Å². The largest absolute Gasteiger partial charge is 0.479 e. The summed E-state index contributed by atoms with van der Waals surface area (Å²) in [5.74, 6) is 1.45. The van der Waals surface area contributed by atoms with Crippen molar-refractivity contribution in [2.75, 3.05) is 19.8 Å². The third-order valence-corrected chi connectivity index (χ3v) is 2.82. The fourth-order valence-electron chi connectivity index (χ4n) is 1.70. The molecule has 0 aliphatic carbocycles. The third kappa shape index (κ3) is 3.93. The number of urea groups is 1. The van der Waals surface area contributed by atoms with E-state index in [4.69, 9.17) is 16.3 Å². The van der Waals surface area contributed by atoms with Gasteiger partial charge in [0, 0.05) is 26.0 Å². The number of nitrogens with one attached hydrogen (secondary N) is 2. The first-order valence-corrected chi connectivity index (χ1v) is 5.91. The number of aliphatic carboxylic acids is 1. The zero-order valence-electron chi connectivity index (χ0n) is 10.2. The molecule has 1 rings (SSSR count). The zero-order valence-corrected chi connectivity index (χ0v) is 10.2. The molecule has 0 spiro atoms. The van der Waals surface area contributed by atoms with Crippen LogP contribution >= 0.6 is 0 Å². The van der Waals surface area contributed by atoms with E-state index in [1.54, 1.807) is 0 Å². The zero-order chi connectivity index (χ0) is 13.4. The molecule has 3 N–H and O–H groups in total. The van der Waals surface area contributed by atoms with Crippen LogP contribution in [0.25, 0.3) is 0 Å². The Labute approximate surface area is 106 Å². The van der Waals surface area contributed by atoms with Crippen LogP contribution in [-0.4, -0.2) is 42.4 Å². The minimum Gasteiger partial charge on any atom is -0.479 e. The average molecular weight is 254 g/mol. The van der Waals surface area contributed by atoms with Crippen molar-refractivity contribution in [1.29, 1.82) is 0 Å². The molecule has 0 aromatic carbocycles. The highest BCUT2D eigenvalue weighted by Gasteiger charge is 2.43. The van der Waals surface area contributed by atoms with Crippen molar-refractivity contribution in [3.8, 4) is 12.3 Å². The molecule has 1 aliphatic rings. The van der Waals surface area contributed by atoms with E-state index < -0.39 is 17.5 Å². The summed E-state index contributed by atoms with van der Waals surface area (Å²) in [6, 6.07) is -0.483. The Balaban J connectivity index is 2.30. The van der Waals surface area contributed by atoms with Gasteiger partial charge in [0.25, 0.3) is 0 Å². The number of ether oxygens (including phenoxy) is 1. The Morgan fingerprint density at radius 3 is 2.78 bits per heavy atom. The van der Waals surface area contributed by atoms with Gasteiger partial charge in [0.05, 0.1) is 6.61 Å². The highest BCUT2D eigenvalue weighted by Crippen LogP contribution is 2.18. The molecule has 1 saturated heterocycles. The van der Waals surface area contributed by atoms with Gasteiger partial charge in [-0.15, -0.1) is 12.3 Å². The van der Waals surface area contributed by atoms with Crippen LogP contribution in [0.1, 0.15) is 25.7 Å². The molecule has 1 heterocycles. The van der Waals surface area contributed by atoms with Gasteiger partial charge < -0.3 is 20.5 Å². The molecule has 0 radical (unpaired) electrons. The number of carboxylic acid groups (broad SMARTS) is 1. The standard InChI is InChI=1S/C12H18N2O4/c1-2-3-4-5-7-13-11(17)14-12(10(15)16)6-8-18-9-12/h1H,3-9H2,(H,15,16)(H2,13,14,17). The molecule has 0 saturated carbocycles. The molecule has 18 heavy (non-hydrogen) atoms. The van der Waals surface area contributed by atoms with E-state index in [1.165, 1.54) is 0 Å². The fraction of sp³-hybridized carbons (Fsp3) is 0.667. The second-order valence-corrected chi connectivity index (χ2v) is 4.23. The van der Waals surface area contributed by atoms with Crippen LogP contribution in [-0.2, 0) is 9.53 Å². The summed E-state index contributed by atoms with van der Waals surface area (Å²) in [7, 11) is 0. The van der Waals surface area contributed by atoms with Crippen LogP contribution in [0.15, 0.2) is 0 Å². The van der Waals surface area contributed by atoms with Crippen molar-refractivity contribution in [1.82, 2.24) is 10.6 Å². The van der Waals surface area contributed by atoms with Gasteiger partial charge in [-0.05, 0) is 12.8 Å². The molecule has 1 aliphatic heterocycles. The minimum absolute atomic E-state index is 0.00679. The van der Waals surface area contributed by atoms with Gasteiger partial charge in [0.1, 0.15) is 0 Å². The first-order valence-electron chi connectivity index (χ1n) is 5.91. The molecule has 0 aromatic rings. The number of carbonyl (C=O) groups excluding carboxylic acids is 1. The van der Waals surface area contributed by atoms with Gasteiger partial charge in [0.2, 0.25) is 0 Å². The monoisotopic (exact) mass is 254 g/mol. The summed E-state index contributed by atoms with van der Waals surface area (Å²) in [6.07, 6.45) is 7.67. The summed E-state index contributed by atoms with van der Waals surface area (Å²) >= 11 is 0. The predicted molar refractivity (Wildman–Crippen MR) is 65.0 cm³/mol. The SMILES string of the molecule is C#CCCCCNC(=O)NC1(C(=O)O)CCOC1. The third-order valence-electron chi connectivity index (χ3n) is 2.82. The van der Waals surface area contributed by atoms with E-state index in [0.29, 0.717) is 19.6 Å². The topological polar surface area (TPSA) is 87.7 Å². The van der Waals surface area contributed by atoms with Crippen LogP contribution in [0.4, 0.5) is 4.79 Å². The highest BCUT2D eigenvalue weighted by molar-refractivity contribution is 5.86. The van der Waals surface area contributed by atoms with Gasteiger partial charge in [-0.2, -0.15) is 0 Å². The molecular weight excluding hydrogens is 236 g/mol. The number of carboxylic acids is 1. The molecule has 1 fully saturated rings. The maximum Gasteiger partial charge on any atom is 0.332 e. The molecule has 1 unspecified atom stereocenters. The second-order valence-electron chi connectivity index (χ2n) is 4.23. The van der Waals surface area contributed by atoms with Crippen molar-refractivity contribution >= 4 is 12.0 Å². The fourth-order valence-corrected chi connectivity index (χ4v) is 1.70. The van der Waals surface area contributed by atoms with Gasteiger partial charge in [0.15, 0.2) is 5.54 Å². The summed E-state index contributed by atoms with van der Waals surface area (Å²) in [4.78, 5) is 22.7. The summed E-state index contributed by atoms with van der Waals surface area (Å²) in [5.41, 5.74) is -1.29. The van der Waals surface area contributed by atoms with Crippen molar-refractivity contribution in [3.05, 3.63) is 0 Å². The van der Waals surface area contributed by atoms with Gasteiger partial charge in [-0.3, -0.25) is 0 Å². The molecule has 6 heteroatoms. The molecule has 6 nitrogen and oxygen atoms in total. The normalized spacial score (nSPS) is 22.2. The first-order chi connectivity index (χ1) is 8.60. The van der Waals surface area contributed by atoms with E-state index in [0.717, 1.165) is 12.8 Å². The average Bonchev–Trinajstić information content (AvgIpc) is 2.78. The number of amides is 2. The smallest absolute Gasteiger partial charge is 0.332 e. The lowest BCUT2D eigenvalue weighted by Crippen LogP contribution is -2.57. The van der Waals surface area contributed by atoms with E-state index in [-0.39, 0.29) is 13.0 Å². The Bertz CT molecular complexity index is 342. The number of unbranched alkanes of at least 4 members (excludes halogenated alkanes) is 2. The first kappa shape index (κ1) is 14.3. The summed E-state index contributed by atoms with van der Waals surface area (Å²) < 4.78 is 5.03. The predicted octanol–water partition coefficient (Wildman–Crippen LogP) is 0.333. The second kappa shape index (κ2) is 6.87. The van der Waals surface area contributed by atoms with E-state index in [1.807, 2.05) is 0 Å². The van der Waals surface area contributed by atoms with Crippen molar-refractivity contribution in [2.24, 2.45) is 0 Å². The number of hydrogen-bond donors (Lipinski definition) is 3. The van der Waals surface area contributed by atoms with Crippen LogP contribution in [0.3, 0.4) is 0 Å². The summed E-state index contributed by atoms with van der Waals surface area (Å²) in [6.45, 7) is 0.825. The Kier molecular flexibility index (Phi) is 5.46. The number of terminal acetylenes is 1. The van der Waals surface area contributed by atoms with Gasteiger partial charge >= 0.3 is 12.0 Å². The molecule has 0 bridgehead atoms. The Morgan fingerprint density at radius 1 is 1.44 bits per heavy atom. The lowest BCUT2D eigenvalue weighted by Gasteiger charge is -2.23. The van der Waals surface area contributed by atoms with Crippen LogP contribution in [0.2, 0.25) is 0 Å². The molecular formula is C12H18N2O4. The number of rotatable bonds is 6. The van der Waals surface area contributed by atoms with Crippen molar-refractivity contribution < 1.29 is 19.4 Å². The van der Waals surface area contributed by atoms with Crippen LogP contribution in [0.5, 0.6) is 0 Å². The molecule has 2 amide bonds. The number of hydrogen-bond acceptors (Lipinski definition) is 3. The molecule has 0 aromatic heterocycles. The number of carbonyl (C=O) groups is 2. The maximum atomic E-state index is 11.6. The lowest BCUT2D eigenvalue weighted by molar-refractivity contribution is -0.144. The Hall–Kier alpha value is -1.74. The molecule has 1 atom stereocenters. The van der Waals surface area contributed by atoms with Gasteiger partial charge in [-0.25, -0.2) is 9.59 Å². The van der Waals surface area contributed by atoms with E-state index in [9.17, 15) is 9.59 Å². The van der Waals surface area contributed by atoms with E-state index in [2.05, 4.69) is 16.6 Å².